The summed E-state index contributed by atoms with van der Waals surface area (Å²) in [4.78, 5) is 0. The van der Waals surface area contributed by atoms with Crippen molar-refractivity contribution < 1.29 is 9.15 Å². The first-order valence-electron chi connectivity index (χ1n) is 6.23. The second-order valence-corrected chi connectivity index (χ2v) is 4.79. The summed E-state index contributed by atoms with van der Waals surface area (Å²) in [5, 5.41) is 0. The van der Waals surface area contributed by atoms with Gasteiger partial charge in [0.25, 0.3) is 0 Å². The number of hydrazine groups is 1. The van der Waals surface area contributed by atoms with Crippen molar-refractivity contribution in [2.24, 2.45) is 5.84 Å². The van der Waals surface area contributed by atoms with Crippen LogP contribution in [0.2, 0.25) is 0 Å². The number of ether oxygens (including phenoxy) is 1. The van der Waals surface area contributed by atoms with Crippen LogP contribution in [0.25, 0.3) is 0 Å². The van der Waals surface area contributed by atoms with Crippen LogP contribution in [0.5, 0.6) is 5.75 Å². The highest BCUT2D eigenvalue weighted by molar-refractivity contribution is 5.48. The summed E-state index contributed by atoms with van der Waals surface area (Å²) in [5.41, 5.74) is 7.17. The van der Waals surface area contributed by atoms with E-state index in [1.165, 1.54) is 0 Å². The lowest BCUT2D eigenvalue weighted by Crippen LogP contribution is -2.29. The molecule has 1 aromatic carbocycles. The molecule has 19 heavy (non-hydrogen) atoms. The maximum absolute atomic E-state index is 5.73. The topological polar surface area (TPSA) is 60.4 Å². The maximum atomic E-state index is 5.73. The number of benzene rings is 1. The molecule has 0 spiro atoms. The summed E-state index contributed by atoms with van der Waals surface area (Å²) in [7, 11) is 1.67. The summed E-state index contributed by atoms with van der Waals surface area (Å²) in [5.74, 6) is 7.42. The zero-order valence-electron chi connectivity index (χ0n) is 11.8. The number of methoxy groups -OCH3 is 1. The summed E-state index contributed by atoms with van der Waals surface area (Å²) < 4.78 is 10.9. The van der Waals surface area contributed by atoms with Gasteiger partial charge in [0, 0.05) is 11.1 Å². The van der Waals surface area contributed by atoms with Gasteiger partial charge in [-0.2, -0.15) is 0 Å². The molecule has 2 aromatic rings. The number of nitrogens with one attached hydrogen (secondary N) is 1. The smallest absolute Gasteiger partial charge is 0.124 e. The third-order valence-electron chi connectivity index (χ3n) is 3.25. The summed E-state index contributed by atoms with van der Waals surface area (Å²) in [6.07, 6.45) is 1.72. The summed E-state index contributed by atoms with van der Waals surface area (Å²) in [6.45, 7) is 6.02. The lowest BCUT2D eigenvalue weighted by Gasteiger charge is -2.21. The minimum Gasteiger partial charge on any atom is -0.496 e. The van der Waals surface area contributed by atoms with Crippen molar-refractivity contribution in [2.45, 2.75) is 26.8 Å². The zero-order valence-corrected chi connectivity index (χ0v) is 11.8. The van der Waals surface area contributed by atoms with Gasteiger partial charge < -0.3 is 9.15 Å². The van der Waals surface area contributed by atoms with Crippen molar-refractivity contribution in [1.29, 1.82) is 0 Å². The van der Waals surface area contributed by atoms with Gasteiger partial charge >= 0.3 is 0 Å². The number of furan rings is 1. The molecule has 1 atom stereocenters. The Morgan fingerprint density at radius 2 is 1.95 bits per heavy atom. The van der Waals surface area contributed by atoms with Gasteiger partial charge in [-0.1, -0.05) is 6.07 Å². The van der Waals surface area contributed by atoms with E-state index < -0.39 is 0 Å². The third-order valence-corrected chi connectivity index (χ3v) is 3.25. The fourth-order valence-corrected chi connectivity index (χ4v) is 2.44. The average Bonchev–Trinajstić information content (AvgIpc) is 2.78. The third kappa shape index (κ3) is 2.64. The lowest BCUT2D eigenvalue weighted by molar-refractivity contribution is 0.403. The highest BCUT2D eigenvalue weighted by Gasteiger charge is 2.21. The Bertz CT molecular complexity index is 576. The Morgan fingerprint density at radius 3 is 2.47 bits per heavy atom. The van der Waals surface area contributed by atoms with Crippen molar-refractivity contribution in [3.8, 4) is 5.75 Å². The van der Waals surface area contributed by atoms with Gasteiger partial charge in [0.1, 0.15) is 11.5 Å². The van der Waals surface area contributed by atoms with Crippen LogP contribution < -0.4 is 16.0 Å². The molecule has 4 nitrogen and oxygen atoms in total. The Balaban J connectivity index is 2.55. The molecule has 0 amide bonds. The molecule has 0 saturated carbocycles. The second kappa shape index (κ2) is 5.47. The van der Waals surface area contributed by atoms with E-state index >= 15 is 0 Å². The Kier molecular flexibility index (Phi) is 3.93. The predicted molar refractivity (Wildman–Crippen MR) is 75.1 cm³/mol. The van der Waals surface area contributed by atoms with Crippen LogP contribution in [0.1, 0.15) is 34.1 Å². The second-order valence-electron chi connectivity index (χ2n) is 4.79. The number of rotatable bonds is 4. The van der Waals surface area contributed by atoms with Gasteiger partial charge in [-0.25, -0.2) is 5.43 Å². The molecule has 0 aliphatic carbocycles. The van der Waals surface area contributed by atoms with Crippen molar-refractivity contribution in [3.05, 3.63) is 52.5 Å². The molecule has 0 fully saturated rings. The van der Waals surface area contributed by atoms with Crippen molar-refractivity contribution >= 4 is 0 Å². The van der Waals surface area contributed by atoms with Crippen LogP contribution in [-0.2, 0) is 0 Å². The molecular weight excluding hydrogens is 240 g/mol. The van der Waals surface area contributed by atoms with Gasteiger partial charge in [-0.05, 0) is 44.0 Å². The quantitative estimate of drug-likeness (QED) is 0.655. The van der Waals surface area contributed by atoms with E-state index in [9.17, 15) is 0 Å². The van der Waals surface area contributed by atoms with Gasteiger partial charge in [0.15, 0.2) is 0 Å². The first-order valence-corrected chi connectivity index (χ1v) is 6.23. The Morgan fingerprint density at radius 1 is 1.21 bits per heavy atom. The van der Waals surface area contributed by atoms with E-state index in [-0.39, 0.29) is 6.04 Å². The number of aryl methyl sites for hydroxylation is 3. The summed E-state index contributed by atoms with van der Waals surface area (Å²) >= 11 is 0. The van der Waals surface area contributed by atoms with E-state index in [0.717, 1.165) is 33.8 Å². The SMILES string of the molecule is COc1cc(C)cc(C)c1C(NN)c1coc(C)c1. The number of hydrogen-bond acceptors (Lipinski definition) is 4. The van der Waals surface area contributed by atoms with E-state index in [2.05, 4.69) is 18.4 Å². The predicted octanol–water partition coefficient (Wildman–Crippen LogP) is 2.77. The summed E-state index contributed by atoms with van der Waals surface area (Å²) in [6, 6.07) is 5.96. The minimum absolute atomic E-state index is 0.145. The van der Waals surface area contributed by atoms with Gasteiger partial charge in [0.05, 0.1) is 19.4 Å². The molecule has 1 unspecified atom stereocenters. The minimum atomic E-state index is -0.145. The molecule has 1 heterocycles. The van der Waals surface area contributed by atoms with Gasteiger partial charge in [-0.3, -0.25) is 5.84 Å². The highest BCUT2D eigenvalue weighted by Crippen LogP contribution is 2.34. The molecule has 3 N–H and O–H groups in total. The normalized spacial score (nSPS) is 12.5. The molecule has 0 bridgehead atoms. The monoisotopic (exact) mass is 260 g/mol. The molecule has 1 aromatic heterocycles. The first-order chi connectivity index (χ1) is 9.06. The fraction of sp³-hybridized carbons (Fsp3) is 0.333. The molecule has 4 heteroatoms. The molecule has 102 valence electrons. The van der Waals surface area contributed by atoms with Gasteiger partial charge in [0.2, 0.25) is 0 Å². The number of nitrogens with two attached hydrogens (primary N) is 1. The molecule has 2 rings (SSSR count). The molecule has 0 aliphatic rings. The zero-order chi connectivity index (χ0) is 14.0. The van der Waals surface area contributed by atoms with E-state index in [1.54, 1.807) is 13.4 Å². The van der Waals surface area contributed by atoms with Crippen molar-refractivity contribution in [3.63, 3.8) is 0 Å². The first kappa shape index (κ1) is 13.6. The van der Waals surface area contributed by atoms with Crippen LogP contribution in [0.15, 0.2) is 28.9 Å². The van der Waals surface area contributed by atoms with Crippen LogP contribution in [0.4, 0.5) is 0 Å². The molecule has 0 aliphatic heterocycles. The average molecular weight is 260 g/mol. The molecule has 0 saturated heterocycles. The lowest BCUT2D eigenvalue weighted by atomic mass is 9.94. The fourth-order valence-electron chi connectivity index (χ4n) is 2.44. The van der Waals surface area contributed by atoms with E-state index in [4.69, 9.17) is 15.0 Å². The van der Waals surface area contributed by atoms with Crippen LogP contribution in [0, 0.1) is 20.8 Å². The van der Waals surface area contributed by atoms with E-state index in [0.29, 0.717) is 0 Å². The number of hydrogen-bond donors (Lipinski definition) is 2. The Hall–Kier alpha value is -1.78. The van der Waals surface area contributed by atoms with Crippen LogP contribution >= 0.6 is 0 Å². The maximum Gasteiger partial charge on any atom is 0.124 e. The highest BCUT2D eigenvalue weighted by atomic mass is 16.5. The van der Waals surface area contributed by atoms with Crippen molar-refractivity contribution in [2.75, 3.05) is 7.11 Å². The van der Waals surface area contributed by atoms with Crippen LogP contribution in [0.3, 0.4) is 0 Å². The Labute approximate surface area is 113 Å². The van der Waals surface area contributed by atoms with Crippen molar-refractivity contribution in [1.82, 2.24) is 5.43 Å². The van der Waals surface area contributed by atoms with Crippen LogP contribution in [-0.4, -0.2) is 7.11 Å². The van der Waals surface area contributed by atoms with Gasteiger partial charge in [-0.15, -0.1) is 0 Å². The molecular formula is C15H20N2O2. The standard InChI is InChI=1S/C15H20N2O2/c1-9-5-10(2)14(13(6-9)18-4)15(17-16)12-7-11(3)19-8-12/h5-8,15,17H,16H2,1-4H3. The van der Waals surface area contributed by atoms with E-state index in [1.807, 2.05) is 26.0 Å². The molecule has 0 radical (unpaired) electrons. The largest absolute Gasteiger partial charge is 0.496 e.